The summed E-state index contributed by atoms with van der Waals surface area (Å²) in [5, 5.41) is 3.94. The maximum Gasteiger partial charge on any atom is 0.122 e. The molecule has 1 rings (SSSR count). The molecule has 4 heteroatoms. The van der Waals surface area contributed by atoms with E-state index in [2.05, 4.69) is 37.0 Å². The lowest BCUT2D eigenvalue weighted by molar-refractivity contribution is 0.0873. The Morgan fingerprint density at radius 2 is 2.11 bits per heavy atom. The average Bonchev–Trinajstić information content (AvgIpc) is 2.29. The predicted molar refractivity (Wildman–Crippen MR) is 78.5 cm³/mol. The maximum atomic E-state index is 5.16. The van der Waals surface area contributed by atoms with E-state index in [4.69, 9.17) is 4.84 Å². The summed E-state index contributed by atoms with van der Waals surface area (Å²) < 4.78 is 0. The summed E-state index contributed by atoms with van der Waals surface area (Å²) in [6, 6.07) is 2.13. The Morgan fingerprint density at radius 1 is 1.39 bits per heavy atom. The molecule has 1 aromatic heterocycles. The zero-order valence-electron chi connectivity index (χ0n) is 11.8. The lowest BCUT2D eigenvalue weighted by atomic mass is 10.1. The van der Waals surface area contributed by atoms with Gasteiger partial charge in [0.05, 0.1) is 11.9 Å². The molecule has 0 unspecified atom stereocenters. The van der Waals surface area contributed by atoms with Gasteiger partial charge < -0.3 is 4.84 Å². The zero-order chi connectivity index (χ0) is 13.5. The quantitative estimate of drug-likeness (QED) is 0.442. The summed E-state index contributed by atoms with van der Waals surface area (Å²) in [5.74, 6) is 1.49. The molecule has 0 aliphatic heterocycles. The van der Waals surface area contributed by atoms with Gasteiger partial charge in [0.25, 0.3) is 0 Å². The van der Waals surface area contributed by atoms with Crippen LogP contribution in [0.15, 0.2) is 22.3 Å². The molecule has 100 valence electrons. The zero-order valence-corrected chi connectivity index (χ0v) is 12.6. The van der Waals surface area contributed by atoms with Crippen molar-refractivity contribution in [2.45, 2.75) is 51.5 Å². The molecular formula is C14H22N2OS. The van der Waals surface area contributed by atoms with Gasteiger partial charge in [-0.05, 0) is 31.6 Å². The van der Waals surface area contributed by atoms with E-state index in [1.54, 1.807) is 6.21 Å². The molecule has 0 radical (unpaired) electrons. The average molecular weight is 266 g/mol. The molecule has 3 nitrogen and oxygen atoms in total. The van der Waals surface area contributed by atoms with E-state index in [1.165, 1.54) is 4.90 Å². The van der Waals surface area contributed by atoms with Crippen molar-refractivity contribution in [2.75, 3.05) is 5.75 Å². The van der Waals surface area contributed by atoms with E-state index in [0.717, 1.165) is 17.0 Å². The molecule has 1 aromatic rings. The predicted octanol–water partition coefficient (Wildman–Crippen LogP) is 4.08. The fourth-order valence-corrected chi connectivity index (χ4v) is 2.43. The van der Waals surface area contributed by atoms with E-state index >= 15 is 0 Å². The first kappa shape index (κ1) is 15.0. The summed E-state index contributed by atoms with van der Waals surface area (Å²) in [5.41, 5.74) is 2.14. The molecule has 18 heavy (non-hydrogen) atoms. The van der Waals surface area contributed by atoms with Crippen LogP contribution in [0.4, 0.5) is 0 Å². The number of nitrogens with zero attached hydrogens (tertiary/aromatic N) is 2. The van der Waals surface area contributed by atoms with Gasteiger partial charge in [0.2, 0.25) is 0 Å². The smallest absolute Gasteiger partial charge is 0.122 e. The van der Waals surface area contributed by atoms with Crippen LogP contribution in [0.3, 0.4) is 0 Å². The molecule has 0 atom stereocenters. The highest BCUT2D eigenvalue weighted by molar-refractivity contribution is 7.99. The second kappa shape index (κ2) is 7.41. The molecule has 0 aliphatic carbocycles. The maximum absolute atomic E-state index is 5.16. The van der Waals surface area contributed by atoms with Gasteiger partial charge in [0.1, 0.15) is 6.10 Å². The Bertz CT molecular complexity index is 403. The number of thioether (sulfide) groups is 1. The van der Waals surface area contributed by atoms with Crippen molar-refractivity contribution in [3.8, 4) is 0 Å². The second-order valence-electron chi connectivity index (χ2n) is 4.63. The first-order valence-electron chi connectivity index (χ1n) is 6.36. The van der Waals surface area contributed by atoms with Gasteiger partial charge in [-0.25, -0.2) is 0 Å². The third kappa shape index (κ3) is 4.69. The SMILES string of the molecule is CCSc1cc(/C=N/OC(C)C)cnc1C(C)C. The van der Waals surface area contributed by atoms with E-state index < -0.39 is 0 Å². The molecule has 0 amide bonds. The van der Waals surface area contributed by atoms with Gasteiger partial charge in [-0.2, -0.15) is 0 Å². The largest absolute Gasteiger partial charge is 0.393 e. The van der Waals surface area contributed by atoms with Crippen molar-refractivity contribution in [1.29, 1.82) is 0 Å². The molecule has 0 spiro atoms. The van der Waals surface area contributed by atoms with E-state index in [9.17, 15) is 0 Å². The topological polar surface area (TPSA) is 34.5 Å². The van der Waals surface area contributed by atoms with Crippen molar-refractivity contribution >= 4 is 18.0 Å². The highest BCUT2D eigenvalue weighted by Crippen LogP contribution is 2.27. The van der Waals surface area contributed by atoms with Gasteiger partial charge in [-0.15, -0.1) is 11.8 Å². The molecule has 0 N–H and O–H groups in total. The summed E-state index contributed by atoms with van der Waals surface area (Å²) in [6.07, 6.45) is 3.67. The summed E-state index contributed by atoms with van der Waals surface area (Å²) in [7, 11) is 0. The number of aromatic nitrogens is 1. The van der Waals surface area contributed by atoms with Crippen molar-refractivity contribution in [2.24, 2.45) is 5.16 Å². The van der Waals surface area contributed by atoms with Gasteiger partial charge in [0, 0.05) is 16.7 Å². The minimum absolute atomic E-state index is 0.105. The Labute approximate surface area is 114 Å². The lowest BCUT2D eigenvalue weighted by Crippen LogP contribution is -1.99. The molecule has 1 heterocycles. The first-order chi connectivity index (χ1) is 8.54. The van der Waals surface area contributed by atoms with Crippen molar-refractivity contribution in [3.05, 3.63) is 23.5 Å². The number of rotatable bonds is 6. The van der Waals surface area contributed by atoms with Crippen LogP contribution >= 0.6 is 11.8 Å². The number of oxime groups is 1. The highest BCUT2D eigenvalue weighted by Gasteiger charge is 2.08. The molecule has 0 fully saturated rings. The number of hydrogen-bond donors (Lipinski definition) is 0. The van der Waals surface area contributed by atoms with Crippen molar-refractivity contribution in [1.82, 2.24) is 4.98 Å². The van der Waals surface area contributed by atoms with Crippen LogP contribution in [0.25, 0.3) is 0 Å². The van der Waals surface area contributed by atoms with Gasteiger partial charge >= 0.3 is 0 Å². The van der Waals surface area contributed by atoms with Crippen LogP contribution in [-0.2, 0) is 4.84 Å². The van der Waals surface area contributed by atoms with Gasteiger partial charge in [-0.3, -0.25) is 4.98 Å². The van der Waals surface area contributed by atoms with Crippen LogP contribution in [0.1, 0.15) is 51.8 Å². The minimum Gasteiger partial charge on any atom is -0.393 e. The van der Waals surface area contributed by atoms with Crippen molar-refractivity contribution < 1.29 is 4.84 Å². The summed E-state index contributed by atoms with van der Waals surface area (Å²) >= 11 is 1.82. The Balaban J connectivity index is 2.89. The molecule has 0 aliphatic rings. The second-order valence-corrected chi connectivity index (χ2v) is 5.93. The van der Waals surface area contributed by atoms with Crippen LogP contribution in [0, 0.1) is 0 Å². The van der Waals surface area contributed by atoms with Crippen molar-refractivity contribution in [3.63, 3.8) is 0 Å². The first-order valence-corrected chi connectivity index (χ1v) is 7.35. The Hall–Kier alpha value is -1.03. The van der Waals surface area contributed by atoms with Gasteiger partial charge in [-0.1, -0.05) is 25.9 Å². The molecular weight excluding hydrogens is 244 g/mol. The normalized spacial score (nSPS) is 11.7. The molecule has 0 saturated carbocycles. The number of pyridine rings is 1. The summed E-state index contributed by atoms with van der Waals surface area (Å²) in [4.78, 5) is 10.9. The van der Waals surface area contributed by atoms with Crippen LogP contribution in [0.2, 0.25) is 0 Å². The molecule has 0 bridgehead atoms. The van der Waals surface area contributed by atoms with E-state index in [0.29, 0.717) is 5.92 Å². The Morgan fingerprint density at radius 3 is 2.67 bits per heavy atom. The third-order valence-corrected chi connectivity index (χ3v) is 3.15. The minimum atomic E-state index is 0.105. The monoisotopic (exact) mass is 266 g/mol. The van der Waals surface area contributed by atoms with E-state index in [1.807, 2.05) is 31.8 Å². The van der Waals surface area contributed by atoms with Crippen LogP contribution < -0.4 is 0 Å². The third-order valence-electron chi connectivity index (χ3n) is 2.22. The van der Waals surface area contributed by atoms with E-state index in [-0.39, 0.29) is 6.10 Å². The summed E-state index contributed by atoms with van der Waals surface area (Å²) in [6.45, 7) is 10.4. The standard InChI is InChI=1S/C14H22N2OS/c1-6-18-13-7-12(9-16-17-11(4)5)8-15-14(13)10(2)3/h7-11H,6H2,1-5H3/b16-9+. The molecule has 0 aromatic carbocycles. The fraction of sp³-hybridized carbons (Fsp3) is 0.571. The highest BCUT2D eigenvalue weighted by atomic mass is 32.2. The lowest BCUT2D eigenvalue weighted by Gasteiger charge is -2.11. The van der Waals surface area contributed by atoms with Crippen LogP contribution in [-0.4, -0.2) is 23.1 Å². The number of hydrogen-bond acceptors (Lipinski definition) is 4. The van der Waals surface area contributed by atoms with Crippen LogP contribution in [0.5, 0.6) is 0 Å². The van der Waals surface area contributed by atoms with Gasteiger partial charge in [0.15, 0.2) is 0 Å². The fourth-order valence-electron chi connectivity index (χ4n) is 1.46. The Kier molecular flexibility index (Phi) is 6.19. The molecule has 0 saturated heterocycles.